The number of hydrogen-bond acceptors (Lipinski definition) is 6. The number of rotatable bonds is 6. The molecule has 2 aromatic rings. The van der Waals surface area contributed by atoms with E-state index in [1.807, 2.05) is 23.1 Å². The average molecular weight is 368 g/mol. The maximum atomic E-state index is 12.9. The fraction of sp³-hybridized carbons (Fsp3) is 0.333. The van der Waals surface area contributed by atoms with Crippen molar-refractivity contribution in [2.45, 2.75) is 13.0 Å². The molecule has 3 rings (SSSR count). The Morgan fingerprint density at radius 1 is 1.11 bits per heavy atom. The first-order valence-electron chi connectivity index (χ1n) is 9.10. The van der Waals surface area contributed by atoms with Crippen molar-refractivity contribution < 1.29 is 19.1 Å². The van der Waals surface area contributed by atoms with Crippen LogP contribution < -0.4 is 5.73 Å². The molecule has 1 fully saturated rings. The fourth-order valence-electron chi connectivity index (χ4n) is 3.29. The van der Waals surface area contributed by atoms with Crippen molar-refractivity contribution in [2.24, 2.45) is 0 Å². The predicted molar refractivity (Wildman–Crippen MR) is 102 cm³/mol. The average Bonchev–Trinajstić information content (AvgIpc) is 2.71. The van der Waals surface area contributed by atoms with Crippen molar-refractivity contribution in [3.8, 4) is 0 Å². The molecule has 1 saturated heterocycles. The highest BCUT2D eigenvalue weighted by Gasteiger charge is 2.32. The Morgan fingerprint density at radius 3 is 2.48 bits per heavy atom. The van der Waals surface area contributed by atoms with Gasteiger partial charge in [0.05, 0.1) is 19.8 Å². The first-order chi connectivity index (χ1) is 13.1. The molecule has 2 N–H and O–H groups in total. The molecule has 1 aliphatic rings. The van der Waals surface area contributed by atoms with Gasteiger partial charge in [0.2, 0.25) is 0 Å². The molecule has 0 aliphatic carbocycles. The van der Waals surface area contributed by atoms with Gasteiger partial charge in [-0.2, -0.15) is 0 Å². The van der Waals surface area contributed by atoms with Gasteiger partial charge in [-0.05, 0) is 13.0 Å². The van der Waals surface area contributed by atoms with Crippen LogP contribution in [0.15, 0.2) is 48.5 Å². The van der Waals surface area contributed by atoms with E-state index in [2.05, 4.69) is 0 Å². The molecule has 1 atom stereocenters. The van der Waals surface area contributed by atoms with Crippen LogP contribution in [-0.2, 0) is 14.3 Å². The molecular weight excluding hydrogens is 344 g/mol. The fourth-order valence-corrected chi connectivity index (χ4v) is 3.29. The Kier molecular flexibility index (Phi) is 6.21. The molecule has 0 spiro atoms. The van der Waals surface area contributed by atoms with E-state index in [9.17, 15) is 9.59 Å². The van der Waals surface area contributed by atoms with Crippen molar-refractivity contribution in [1.82, 2.24) is 4.90 Å². The molecule has 1 aliphatic heterocycles. The maximum Gasteiger partial charge on any atom is 0.328 e. The molecule has 27 heavy (non-hydrogen) atoms. The van der Waals surface area contributed by atoms with Crippen molar-refractivity contribution in [3.63, 3.8) is 0 Å². The highest BCUT2D eigenvalue weighted by Crippen LogP contribution is 2.31. The third-order valence-corrected chi connectivity index (χ3v) is 4.64. The van der Waals surface area contributed by atoms with Gasteiger partial charge in [-0.15, -0.1) is 0 Å². The summed E-state index contributed by atoms with van der Waals surface area (Å²) in [5, 5.41) is 0. The Balaban J connectivity index is 2.00. The topological polar surface area (TPSA) is 81.9 Å². The molecule has 6 heteroatoms. The van der Waals surface area contributed by atoms with Crippen LogP contribution in [0.2, 0.25) is 0 Å². The van der Waals surface area contributed by atoms with Crippen LogP contribution in [0.5, 0.6) is 0 Å². The standard InChI is InChI=1S/C21H24N2O4/c1-2-27-21(25)19(23-11-13-26-14-12-23)16-9-6-10-17(18(16)22)20(24)15-7-4-3-5-8-15/h3-10,19H,2,11-14,22H2,1H3. The molecule has 142 valence electrons. The number of ketones is 1. The Labute approximate surface area is 158 Å². The largest absolute Gasteiger partial charge is 0.465 e. The highest BCUT2D eigenvalue weighted by molar-refractivity contribution is 6.12. The second-order valence-corrected chi connectivity index (χ2v) is 6.31. The second kappa shape index (κ2) is 8.79. The van der Waals surface area contributed by atoms with Gasteiger partial charge < -0.3 is 15.2 Å². The summed E-state index contributed by atoms with van der Waals surface area (Å²) < 4.78 is 10.7. The summed E-state index contributed by atoms with van der Waals surface area (Å²) in [5.41, 5.74) is 8.23. The second-order valence-electron chi connectivity index (χ2n) is 6.31. The van der Waals surface area contributed by atoms with Crippen molar-refractivity contribution in [3.05, 3.63) is 65.2 Å². The van der Waals surface area contributed by atoms with Gasteiger partial charge in [0.25, 0.3) is 0 Å². The maximum absolute atomic E-state index is 12.9. The molecule has 1 heterocycles. The quantitative estimate of drug-likeness (QED) is 0.479. The van der Waals surface area contributed by atoms with E-state index in [1.54, 1.807) is 37.3 Å². The van der Waals surface area contributed by atoms with Crippen LogP contribution in [0.3, 0.4) is 0 Å². The van der Waals surface area contributed by atoms with E-state index >= 15 is 0 Å². The number of esters is 1. The summed E-state index contributed by atoms with van der Waals surface area (Å²) in [4.78, 5) is 27.6. The summed E-state index contributed by atoms with van der Waals surface area (Å²) in [6.07, 6.45) is 0. The van der Waals surface area contributed by atoms with E-state index in [-0.39, 0.29) is 18.4 Å². The zero-order chi connectivity index (χ0) is 19.2. The Hall–Kier alpha value is -2.70. The zero-order valence-electron chi connectivity index (χ0n) is 15.4. The van der Waals surface area contributed by atoms with Gasteiger partial charge in [-0.3, -0.25) is 9.69 Å². The molecule has 1 unspecified atom stereocenters. The van der Waals surface area contributed by atoms with Crippen molar-refractivity contribution >= 4 is 17.4 Å². The predicted octanol–water partition coefficient (Wildman–Crippen LogP) is 2.44. The summed E-state index contributed by atoms with van der Waals surface area (Å²) >= 11 is 0. The van der Waals surface area contributed by atoms with E-state index < -0.39 is 6.04 Å². The molecular formula is C21H24N2O4. The normalized spacial score (nSPS) is 15.9. The monoisotopic (exact) mass is 368 g/mol. The van der Waals surface area contributed by atoms with E-state index in [1.165, 1.54) is 0 Å². The SMILES string of the molecule is CCOC(=O)C(c1cccc(C(=O)c2ccccc2)c1N)N1CCOCC1. The molecule has 0 aromatic heterocycles. The van der Waals surface area contributed by atoms with Crippen LogP contribution in [0.4, 0.5) is 5.69 Å². The van der Waals surface area contributed by atoms with Crippen LogP contribution in [0.1, 0.15) is 34.5 Å². The highest BCUT2D eigenvalue weighted by atomic mass is 16.5. The lowest BCUT2D eigenvalue weighted by Gasteiger charge is -2.33. The number of anilines is 1. The molecule has 0 saturated carbocycles. The van der Waals surface area contributed by atoms with Gasteiger partial charge in [0.15, 0.2) is 5.78 Å². The summed E-state index contributed by atoms with van der Waals surface area (Å²) in [6, 6.07) is 13.5. The van der Waals surface area contributed by atoms with Crippen molar-refractivity contribution in [1.29, 1.82) is 0 Å². The number of carbonyl (C=O) groups is 2. The van der Waals surface area contributed by atoms with E-state index in [0.717, 1.165) is 0 Å². The van der Waals surface area contributed by atoms with E-state index in [4.69, 9.17) is 15.2 Å². The van der Waals surface area contributed by atoms with E-state index in [0.29, 0.717) is 48.7 Å². The van der Waals surface area contributed by atoms with Crippen LogP contribution in [0.25, 0.3) is 0 Å². The lowest BCUT2D eigenvalue weighted by atomic mass is 9.95. The zero-order valence-corrected chi connectivity index (χ0v) is 15.4. The molecule has 0 bridgehead atoms. The Morgan fingerprint density at radius 2 is 1.81 bits per heavy atom. The van der Waals surface area contributed by atoms with Gasteiger partial charge in [0, 0.05) is 35.5 Å². The molecule has 0 radical (unpaired) electrons. The third-order valence-electron chi connectivity index (χ3n) is 4.64. The number of carbonyl (C=O) groups excluding carboxylic acids is 2. The summed E-state index contributed by atoms with van der Waals surface area (Å²) in [6.45, 7) is 4.33. The number of nitrogens with two attached hydrogens (primary N) is 1. The van der Waals surface area contributed by atoms with Crippen molar-refractivity contribution in [2.75, 3.05) is 38.6 Å². The molecule has 6 nitrogen and oxygen atoms in total. The minimum Gasteiger partial charge on any atom is -0.465 e. The number of para-hydroxylation sites is 1. The number of hydrogen-bond donors (Lipinski definition) is 1. The minimum absolute atomic E-state index is 0.167. The van der Waals surface area contributed by atoms with Crippen LogP contribution in [0, 0.1) is 0 Å². The van der Waals surface area contributed by atoms with Gasteiger partial charge in [0.1, 0.15) is 6.04 Å². The molecule has 2 aromatic carbocycles. The lowest BCUT2D eigenvalue weighted by Crippen LogP contribution is -2.43. The van der Waals surface area contributed by atoms with Crippen LogP contribution >= 0.6 is 0 Å². The molecule has 0 amide bonds. The first kappa shape index (κ1) is 19.1. The summed E-state index contributed by atoms with van der Waals surface area (Å²) in [5.74, 6) is -0.532. The Bertz CT molecular complexity index is 801. The van der Waals surface area contributed by atoms with Gasteiger partial charge in [-0.1, -0.05) is 42.5 Å². The third kappa shape index (κ3) is 4.18. The minimum atomic E-state index is -0.655. The summed E-state index contributed by atoms with van der Waals surface area (Å²) in [7, 11) is 0. The lowest BCUT2D eigenvalue weighted by molar-refractivity contribution is -0.151. The van der Waals surface area contributed by atoms with Crippen LogP contribution in [-0.4, -0.2) is 49.6 Å². The number of ether oxygens (including phenoxy) is 2. The smallest absolute Gasteiger partial charge is 0.328 e. The number of morpholine rings is 1. The number of nitrogens with zero attached hydrogens (tertiary/aromatic N) is 1. The first-order valence-corrected chi connectivity index (χ1v) is 9.10. The van der Waals surface area contributed by atoms with Gasteiger partial charge >= 0.3 is 5.97 Å². The van der Waals surface area contributed by atoms with Gasteiger partial charge in [-0.25, -0.2) is 4.79 Å². The number of benzene rings is 2. The number of nitrogen functional groups attached to an aromatic ring is 1.